The van der Waals surface area contributed by atoms with Gasteiger partial charge in [-0.3, -0.25) is 4.79 Å². The van der Waals surface area contributed by atoms with Crippen molar-refractivity contribution in [2.24, 2.45) is 0 Å². The van der Waals surface area contributed by atoms with Gasteiger partial charge >= 0.3 is 0 Å². The number of para-hydroxylation sites is 1. The Bertz CT molecular complexity index is 939. The molecule has 0 saturated carbocycles. The van der Waals surface area contributed by atoms with Crippen LogP contribution in [0.25, 0.3) is 0 Å². The number of carbonyl (C=O) groups excluding carboxylic acids is 1. The van der Waals surface area contributed by atoms with Crippen molar-refractivity contribution < 1.29 is 9.18 Å². The first-order valence-electron chi connectivity index (χ1n) is 9.24. The fourth-order valence-electron chi connectivity index (χ4n) is 2.89. The number of rotatable bonds is 7. The van der Waals surface area contributed by atoms with Gasteiger partial charge in [-0.2, -0.15) is 0 Å². The van der Waals surface area contributed by atoms with Gasteiger partial charge in [0.1, 0.15) is 11.6 Å². The van der Waals surface area contributed by atoms with E-state index in [-0.39, 0.29) is 11.7 Å². The maximum absolute atomic E-state index is 13.8. The largest absolute Gasteiger partial charge is 0.372 e. The highest BCUT2D eigenvalue weighted by molar-refractivity contribution is 6.04. The molecule has 28 heavy (non-hydrogen) atoms. The van der Waals surface area contributed by atoms with Crippen LogP contribution < -0.4 is 15.5 Å². The molecule has 3 rings (SSSR count). The zero-order valence-corrected chi connectivity index (χ0v) is 15.9. The molecule has 144 valence electrons. The molecule has 2 N–H and O–H groups in total. The first-order chi connectivity index (χ1) is 13.6. The van der Waals surface area contributed by atoms with Crippen LogP contribution in [0.2, 0.25) is 0 Å². The molecule has 0 bridgehead atoms. The van der Waals surface area contributed by atoms with Crippen molar-refractivity contribution >= 4 is 28.8 Å². The monoisotopic (exact) mass is 378 g/mol. The molecule has 0 atom stereocenters. The van der Waals surface area contributed by atoms with Crippen molar-refractivity contribution in [2.75, 3.05) is 28.6 Å². The van der Waals surface area contributed by atoms with Crippen LogP contribution in [0.15, 0.2) is 66.9 Å². The van der Waals surface area contributed by atoms with E-state index in [2.05, 4.69) is 34.4 Å². The quantitative estimate of drug-likeness (QED) is 0.603. The number of amides is 1. The zero-order valence-electron chi connectivity index (χ0n) is 15.9. The summed E-state index contributed by atoms with van der Waals surface area (Å²) in [7, 11) is 0. The number of anilines is 4. The maximum atomic E-state index is 13.8. The van der Waals surface area contributed by atoms with Crippen LogP contribution in [0.1, 0.15) is 24.2 Å². The molecule has 5 nitrogen and oxygen atoms in total. The number of hydrogen-bond acceptors (Lipinski definition) is 4. The maximum Gasteiger partial charge on any atom is 0.255 e. The average molecular weight is 378 g/mol. The Hall–Kier alpha value is -3.41. The Balaban J connectivity index is 1.70. The van der Waals surface area contributed by atoms with Crippen LogP contribution in [0.5, 0.6) is 0 Å². The van der Waals surface area contributed by atoms with Crippen LogP contribution in [0, 0.1) is 5.82 Å². The van der Waals surface area contributed by atoms with E-state index >= 15 is 0 Å². The summed E-state index contributed by atoms with van der Waals surface area (Å²) in [6.45, 7) is 6.07. The second kappa shape index (κ2) is 8.99. The van der Waals surface area contributed by atoms with Gasteiger partial charge < -0.3 is 15.5 Å². The number of pyridine rings is 1. The molecule has 1 aromatic heterocycles. The Labute approximate surface area is 164 Å². The Morgan fingerprint density at radius 2 is 1.75 bits per heavy atom. The van der Waals surface area contributed by atoms with E-state index in [1.807, 2.05) is 24.3 Å². The van der Waals surface area contributed by atoms with Crippen molar-refractivity contribution in [1.82, 2.24) is 4.98 Å². The van der Waals surface area contributed by atoms with E-state index < -0.39 is 0 Å². The summed E-state index contributed by atoms with van der Waals surface area (Å²) < 4.78 is 13.8. The minimum atomic E-state index is -0.382. The topological polar surface area (TPSA) is 57.3 Å². The van der Waals surface area contributed by atoms with E-state index in [1.54, 1.807) is 30.3 Å². The highest BCUT2D eigenvalue weighted by Gasteiger charge is 2.09. The molecule has 0 unspecified atom stereocenters. The molecule has 1 amide bonds. The van der Waals surface area contributed by atoms with E-state index in [9.17, 15) is 9.18 Å². The first kappa shape index (κ1) is 19.4. The van der Waals surface area contributed by atoms with Gasteiger partial charge in [0, 0.05) is 36.2 Å². The number of halogens is 1. The number of aromatic nitrogens is 1. The lowest BCUT2D eigenvalue weighted by atomic mass is 10.2. The van der Waals surface area contributed by atoms with Crippen molar-refractivity contribution in [3.8, 4) is 0 Å². The lowest BCUT2D eigenvalue weighted by Gasteiger charge is -2.21. The summed E-state index contributed by atoms with van der Waals surface area (Å²) in [5.41, 5.74) is 2.56. The number of carbonyl (C=O) groups is 1. The Morgan fingerprint density at radius 1 is 1.04 bits per heavy atom. The fraction of sp³-hybridized carbons (Fsp3) is 0.182. The smallest absolute Gasteiger partial charge is 0.255 e. The molecule has 6 heteroatoms. The summed E-state index contributed by atoms with van der Waals surface area (Å²) in [6, 6.07) is 17.3. The lowest BCUT2D eigenvalue weighted by molar-refractivity contribution is 0.102. The fourth-order valence-corrected chi connectivity index (χ4v) is 2.89. The SMILES string of the molecule is CCN(CC)c1ccc(NC(=O)c2ccnc(Nc3ccccc3F)c2)cc1. The van der Waals surface area contributed by atoms with Crippen molar-refractivity contribution in [3.05, 3.63) is 78.2 Å². The molecule has 0 spiro atoms. The van der Waals surface area contributed by atoms with Crippen LogP contribution in [-0.4, -0.2) is 24.0 Å². The van der Waals surface area contributed by atoms with Gasteiger partial charge in [0.2, 0.25) is 0 Å². The second-order valence-corrected chi connectivity index (χ2v) is 6.21. The molecule has 0 aliphatic carbocycles. The number of nitrogens with zero attached hydrogens (tertiary/aromatic N) is 2. The summed E-state index contributed by atoms with van der Waals surface area (Å²) in [5, 5.41) is 5.77. The lowest BCUT2D eigenvalue weighted by Crippen LogP contribution is -2.21. The predicted octanol–water partition coefficient (Wildman–Crippen LogP) is 5.06. The van der Waals surface area contributed by atoms with Gasteiger partial charge in [-0.05, 0) is 62.4 Å². The third-order valence-electron chi connectivity index (χ3n) is 4.41. The molecule has 0 radical (unpaired) electrons. The van der Waals surface area contributed by atoms with Gasteiger partial charge in [-0.1, -0.05) is 12.1 Å². The third kappa shape index (κ3) is 4.65. The van der Waals surface area contributed by atoms with Gasteiger partial charge in [-0.15, -0.1) is 0 Å². The van der Waals surface area contributed by atoms with Crippen molar-refractivity contribution in [2.45, 2.75) is 13.8 Å². The van der Waals surface area contributed by atoms with E-state index in [0.717, 1.165) is 18.8 Å². The summed E-state index contributed by atoms with van der Waals surface area (Å²) in [6.07, 6.45) is 1.52. The Kier molecular flexibility index (Phi) is 6.22. The standard InChI is InChI=1S/C22H23FN4O/c1-3-27(4-2)18-11-9-17(10-12-18)25-22(28)16-13-14-24-21(15-16)26-20-8-6-5-7-19(20)23/h5-15H,3-4H2,1-2H3,(H,24,26)(H,25,28). The van der Waals surface area contributed by atoms with Crippen LogP contribution in [-0.2, 0) is 0 Å². The van der Waals surface area contributed by atoms with Gasteiger partial charge in [-0.25, -0.2) is 9.37 Å². The minimum Gasteiger partial charge on any atom is -0.372 e. The Morgan fingerprint density at radius 3 is 2.43 bits per heavy atom. The third-order valence-corrected chi connectivity index (χ3v) is 4.41. The van der Waals surface area contributed by atoms with Crippen molar-refractivity contribution in [1.29, 1.82) is 0 Å². The molecule has 3 aromatic rings. The molecule has 0 aliphatic heterocycles. The van der Waals surface area contributed by atoms with Crippen LogP contribution in [0.4, 0.5) is 27.3 Å². The van der Waals surface area contributed by atoms with E-state index in [4.69, 9.17) is 0 Å². The average Bonchev–Trinajstić information content (AvgIpc) is 2.72. The molecule has 0 fully saturated rings. The molecular weight excluding hydrogens is 355 g/mol. The molecule has 0 saturated heterocycles. The van der Waals surface area contributed by atoms with Gasteiger partial charge in [0.25, 0.3) is 5.91 Å². The van der Waals surface area contributed by atoms with Gasteiger partial charge in [0.05, 0.1) is 5.69 Å². The first-order valence-corrected chi connectivity index (χ1v) is 9.24. The number of benzene rings is 2. The highest BCUT2D eigenvalue weighted by atomic mass is 19.1. The summed E-state index contributed by atoms with van der Waals surface area (Å²) >= 11 is 0. The summed E-state index contributed by atoms with van der Waals surface area (Å²) in [5.74, 6) is -0.239. The van der Waals surface area contributed by atoms with Gasteiger partial charge in [0.15, 0.2) is 0 Å². The molecule has 1 heterocycles. The highest BCUT2D eigenvalue weighted by Crippen LogP contribution is 2.20. The van der Waals surface area contributed by atoms with Crippen molar-refractivity contribution in [3.63, 3.8) is 0 Å². The van der Waals surface area contributed by atoms with E-state index in [1.165, 1.54) is 12.3 Å². The van der Waals surface area contributed by atoms with Crippen LogP contribution in [0.3, 0.4) is 0 Å². The normalized spacial score (nSPS) is 10.4. The minimum absolute atomic E-state index is 0.255. The predicted molar refractivity (Wildman–Crippen MR) is 112 cm³/mol. The van der Waals surface area contributed by atoms with E-state index in [0.29, 0.717) is 22.8 Å². The number of hydrogen-bond donors (Lipinski definition) is 2. The molecule has 2 aromatic carbocycles. The molecular formula is C22H23FN4O. The number of nitrogens with one attached hydrogen (secondary N) is 2. The second-order valence-electron chi connectivity index (χ2n) is 6.21. The molecule has 0 aliphatic rings. The zero-order chi connectivity index (χ0) is 19.9. The summed E-state index contributed by atoms with van der Waals surface area (Å²) in [4.78, 5) is 18.9. The van der Waals surface area contributed by atoms with Crippen LogP contribution >= 0.6 is 0 Å².